The summed E-state index contributed by atoms with van der Waals surface area (Å²) in [5, 5.41) is 0. The average Bonchev–Trinajstić information content (AvgIpc) is 3.38. The Morgan fingerprint density at radius 3 is 2.42 bits per heavy atom. The van der Waals surface area contributed by atoms with Gasteiger partial charge in [-0.2, -0.15) is 0 Å². The van der Waals surface area contributed by atoms with Crippen molar-refractivity contribution < 1.29 is 8.42 Å². The van der Waals surface area contributed by atoms with Crippen molar-refractivity contribution in [1.82, 2.24) is 19.2 Å². The summed E-state index contributed by atoms with van der Waals surface area (Å²) in [5.74, 6) is 1.39. The summed E-state index contributed by atoms with van der Waals surface area (Å²) in [4.78, 5) is 13.7. The van der Waals surface area contributed by atoms with E-state index in [0.717, 1.165) is 50.4 Å². The van der Waals surface area contributed by atoms with Crippen molar-refractivity contribution in [3.8, 4) is 0 Å². The van der Waals surface area contributed by atoms with Crippen molar-refractivity contribution in [3.05, 3.63) is 18.1 Å². The molecular weight excluding hydrogens is 350 g/mol. The third kappa shape index (κ3) is 4.02. The van der Waals surface area contributed by atoms with E-state index in [2.05, 4.69) is 25.8 Å². The van der Waals surface area contributed by atoms with Gasteiger partial charge in [-0.25, -0.2) is 22.7 Å². The molecule has 26 heavy (non-hydrogen) atoms. The van der Waals surface area contributed by atoms with E-state index in [1.54, 1.807) is 10.6 Å². The molecule has 1 aromatic heterocycles. The van der Waals surface area contributed by atoms with Crippen molar-refractivity contribution in [1.29, 1.82) is 0 Å². The number of likely N-dealkylation sites (tertiary alicyclic amines) is 1. The summed E-state index contributed by atoms with van der Waals surface area (Å²) in [6.07, 6.45) is 7.20. The van der Waals surface area contributed by atoms with E-state index in [4.69, 9.17) is 0 Å². The minimum Gasteiger partial charge on any atom is -0.350 e. The van der Waals surface area contributed by atoms with Gasteiger partial charge in [0.25, 0.3) is 0 Å². The summed E-state index contributed by atoms with van der Waals surface area (Å²) in [6.45, 7) is 6.27. The Balaban J connectivity index is 1.32. The Morgan fingerprint density at radius 2 is 1.81 bits per heavy atom. The van der Waals surface area contributed by atoms with Crippen molar-refractivity contribution in [3.63, 3.8) is 0 Å². The first kappa shape index (κ1) is 18.1. The molecule has 0 bridgehead atoms. The number of hydrogen-bond donors (Lipinski definition) is 0. The highest BCUT2D eigenvalue weighted by Gasteiger charge is 2.36. The van der Waals surface area contributed by atoms with Gasteiger partial charge in [-0.1, -0.05) is 0 Å². The molecule has 3 fully saturated rings. The monoisotopic (exact) mass is 379 g/mol. The van der Waals surface area contributed by atoms with Crippen molar-refractivity contribution in [2.24, 2.45) is 0 Å². The average molecular weight is 380 g/mol. The zero-order chi connectivity index (χ0) is 18.1. The SMILES string of the molecule is Cc1cc(N(C2CC2)C2CCN(CCN3CCCS3(=O)=O)CC2)ncn1. The van der Waals surface area contributed by atoms with Gasteiger partial charge < -0.3 is 9.80 Å². The van der Waals surface area contributed by atoms with Crippen LogP contribution in [0.1, 0.15) is 37.8 Å². The fourth-order valence-corrected chi connectivity index (χ4v) is 5.74. The van der Waals surface area contributed by atoms with Crippen LogP contribution >= 0.6 is 0 Å². The van der Waals surface area contributed by atoms with Crippen LogP contribution in [0.5, 0.6) is 0 Å². The van der Waals surface area contributed by atoms with Crippen LogP contribution < -0.4 is 4.90 Å². The molecule has 0 spiro atoms. The lowest BCUT2D eigenvalue weighted by Gasteiger charge is -2.39. The topological polar surface area (TPSA) is 69.6 Å². The van der Waals surface area contributed by atoms with Crippen molar-refractivity contribution >= 4 is 15.8 Å². The highest BCUT2D eigenvalue weighted by atomic mass is 32.2. The standard InChI is InChI=1S/C18H29N5O2S/c1-15-13-18(20-14-19-15)23(16-3-4-16)17-5-8-21(9-6-17)10-11-22-7-2-12-26(22,24)25/h13-14,16-17H,2-12H2,1H3. The summed E-state index contributed by atoms with van der Waals surface area (Å²) in [7, 11) is -2.97. The maximum Gasteiger partial charge on any atom is 0.214 e. The second kappa shape index (κ2) is 7.40. The third-order valence-corrected chi connectivity index (χ3v) is 7.77. The first-order chi connectivity index (χ1) is 12.5. The first-order valence-corrected chi connectivity index (χ1v) is 11.4. The lowest BCUT2D eigenvalue weighted by molar-refractivity contribution is 0.197. The molecule has 1 saturated carbocycles. The molecule has 0 atom stereocenters. The summed E-state index contributed by atoms with van der Waals surface area (Å²) < 4.78 is 25.5. The molecule has 1 aromatic rings. The lowest BCUT2D eigenvalue weighted by Crippen LogP contribution is -2.48. The molecule has 2 aliphatic heterocycles. The zero-order valence-corrected chi connectivity index (χ0v) is 16.4. The molecule has 0 N–H and O–H groups in total. The Hall–Kier alpha value is -1.25. The number of aryl methyl sites for hydroxylation is 1. The van der Waals surface area contributed by atoms with Crippen LogP contribution in [0.15, 0.2) is 12.4 Å². The summed E-state index contributed by atoms with van der Waals surface area (Å²) >= 11 is 0. The quantitative estimate of drug-likeness (QED) is 0.741. The lowest BCUT2D eigenvalue weighted by atomic mass is 10.0. The van der Waals surface area contributed by atoms with Crippen molar-refractivity contribution in [2.45, 2.75) is 51.1 Å². The Kier molecular flexibility index (Phi) is 5.16. The molecule has 8 heteroatoms. The van der Waals surface area contributed by atoms with Crippen LogP contribution in [0, 0.1) is 6.92 Å². The van der Waals surface area contributed by atoms with Crippen LogP contribution in [-0.2, 0) is 10.0 Å². The molecule has 3 heterocycles. The van der Waals surface area contributed by atoms with Crippen LogP contribution in [0.3, 0.4) is 0 Å². The van der Waals surface area contributed by atoms with Crippen LogP contribution in [0.4, 0.5) is 5.82 Å². The number of rotatable bonds is 6. The number of piperidine rings is 1. The van der Waals surface area contributed by atoms with Gasteiger partial charge in [-0.15, -0.1) is 0 Å². The number of aromatic nitrogens is 2. The van der Waals surface area contributed by atoms with Gasteiger partial charge in [-0.3, -0.25) is 0 Å². The molecule has 144 valence electrons. The molecule has 0 radical (unpaired) electrons. The zero-order valence-electron chi connectivity index (χ0n) is 15.5. The van der Waals surface area contributed by atoms with E-state index in [0.29, 0.717) is 30.9 Å². The van der Waals surface area contributed by atoms with E-state index < -0.39 is 10.0 Å². The maximum absolute atomic E-state index is 11.9. The first-order valence-electron chi connectivity index (χ1n) is 9.80. The van der Waals surface area contributed by atoms with Gasteiger partial charge in [0.15, 0.2) is 0 Å². The minimum absolute atomic E-state index is 0.323. The number of sulfonamides is 1. The fraction of sp³-hybridized carbons (Fsp3) is 0.778. The molecule has 0 amide bonds. The molecule has 1 aliphatic carbocycles. The van der Waals surface area contributed by atoms with E-state index in [1.807, 2.05) is 6.92 Å². The van der Waals surface area contributed by atoms with Gasteiger partial charge >= 0.3 is 0 Å². The molecule has 3 aliphatic rings. The molecule has 7 nitrogen and oxygen atoms in total. The molecular formula is C18H29N5O2S. The molecule has 2 saturated heterocycles. The highest BCUT2D eigenvalue weighted by molar-refractivity contribution is 7.89. The van der Waals surface area contributed by atoms with Gasteiger partial charge in [0, 0.05) is 56.6 Å². The second-order valence-corrected chi connectivity index (χ2v) is 9.89. The van der Waals surface area contributed by atoms with E-state index >= 15 is 0 Å². The predicted octanol–water partition coefficient (Wildman–Crippen LogP) is 1.25. The smallest absolute Gasteiger partial charge is 0.214 e. The normalized spacial score (nSPS) is 24.8. The maximum atomic E-state index is 11.9. The number of anilines is 1. The molecule has 0 unspecified atom stereocenters. The van der Waals surface area contributed by atoms with E-state index in [-0.39, 0.29) is 0 Å². The summed E-state index contributed by atoms with van der Waals surface area (Å²) in [5.41, 5.74) is 1.02. The Morgan fingerprint density at radius 1 is 1.08 bits per heavy atom. The highest BCUT2D eigenvalue weighted by Crippen LogP contribution is 2.35. The Labute approximate surface area is 156 Å². The molecule has 0 aromatic carbocycles. The van der Waals surface area contributed by atoms with Crippen molar-refractivity contribution in [2.75, 3.05) is 43.4 Å². The van der Waals surface area contributed by atoms with Gasteiger partial charge in [0.05, 0.1) is 5.75 Å². The van der Waals surface area contributed by atoms with E-state index in [1.165, 1.54) is 12.8 Å². The third-order valence-electron chi connectivity index (χ3n) is 5.81. The second-order valence-electron chi connectivity index (χ2n) is 7.80. The number of hydrogen-bond acceptors (Lipinski definition) is 6. The predicted molar refractivity (Wildman–Crippen MR) is 102 cm³/mol. The van der Waals surface area contributed by atoms with E-state index in [9.17, 15) is 8.42 Å². The van der Waals surface area contributed by atoms with Crippen LogP contribution in [0.2, 0.25) is 0 Å². The fourth-order valence-electron chi connectivity index (χ4n) is 4.22. The van der Waals surface area contributed by atoms with Gasteiger partial charge in [0.2, 0.25) is 10.0 Å². The summed E-state index contributed by atoms with van der Waals surface area (Å²) in [6, 6.07) is 3.27. The van der Waals surface area contributed by atoms with Crippen LogP contribution in [-0.4, -0.2) is 78.2 Å². The van der Waals surface area contributed by atoms with Gasteiger partial charge in [0.1, 0.15) is 12.1 Å². The van der Waals surface area contributed by atoms with Crippen LogP contribution in [0.25, 0.3) is 0 Å². The largest absolute Gasteiger partial charge is 0.350 e. The Bertz CT molecular complexity index is 729. The number of nitrogens with zero attached hydrogens (tertiary/aromatic N) is 5. The molecule has 4 rings (SSSR count). The minimum atomic E-state index is -2.97. The van der Waals surface area contributed by atoms with Gasteiger partial charge in [-0.05, 0) is 39.0 Å².